The van der Waals surface area contributed by atoms with Gasteiger partial charge in [0.2, 0.25) is 5.91 Å². The lowest BCUT2D eigenvalue weighted by molar-refractivity contribution is -0.117. The molecule has 5 heteroatoms. The van der Waals surface area contributed by atoms with Crippen LogP contribution >= 0.6 is 0 Å². The average molecular weight is 327 g/mol. The highest BCUT2D eigenvalue weighted by atomic mass is 16.5. The quantitative estimate of drug-likeness (QED) is 0.820. The molecule has 2 aromatic carbocycles. The molecule has 0 radical (unpaired) electrons. The third-order valence-electron chi connectivity index (χ3n) is 3.65. The molecule has 24 heavy (non-hydrogen) atoms. The molecular weight excluding hydrogens is 302 g/mol. The summed E-state index contributed by atoms with van der Waals surface area (Å²) in [5.74, 6) is 0.540. The van der Waals surface area contributed by atoms with Crippen LogP contribution in [0.15, 0.2) is 48.5 Å². The fourth-order valence-corrected chi connectivity index (χ4v) is 2.13. The highest BCUT2D eigenvalue weighted by Crippen LogP contribution is 2.18. The predicted octanol–water partition coefficient (Wildman–Crippen LogP) is 2.57. The Balaban J connectivity index is 1.90. The van der Waals surface area contributed by atoms with Gasteiger partial charge in [0, 0.05) is 12.2 Å². The molecule has 0 aliphatic heterocycles. The van der Waals surface area contributed by atoms with Gasteiger partial charge >= 0.3 is 0 Å². The topological polar surface area (TPSA) is 67.6 Å². The van der Waals surface area contributed by atoms with Gasteiger partial charge in [0.05, 0.1) is 0 Å². The van der Waals surface area contributed by atoms with Crippen molar-refractivity contribution in [1.82, 2.24) is 4.90 Å². The van der Waals surface area contributed by atoms with Crippen molar-refractivity contribution in [3.63, 3.8) is 0 Å². The maximum atomic E-state index is 12.3. The van der Waals surface area contributed by atoms with Crippen LogP contribution in [-0.4, -0.2) is 38.1 Å². The molecule has 1 amide bonds. The number of ether oxygens (including phenoxy) is 1. The van der Waals surface area contributed by atoms with E-state index in [1.165, 1.54) is 0 Å². The van der Waals surface area contributed by atoms with Crippen LogP contribution in [0.2, 0.25) is 0 Å². The maximum Gasteiger partial charge on any atom is 0.245 e. The Morgan fingerprint density at radius 1 is 1.12 bits per heavy atom. The number of benzene rings is 2. The molecule has 0 aliphatic carbocycles. The highest BCUT2D eigenvalue weighted by Gasteiger charge is 2.15. The molecule has 1 atom stereocenters. The lowest BCUT2D eigenvalue weighted by atomic mass is 10.1. The van der Waals surface area contributed by atoms with E-state index < -0.39 is 6.04 Å². The van der Waals surface area contributed by atoms with Gasteiger partial charge in [-0.2, -0.15) is 0 Å². The minimum absolute atomic E-state index is 0.236. The number of aryl methyl sites for hydroxylation is 1. The number of amides is 1. The smallest absolute Gasteiger partial charge is 0.245 e. The number of likely N-dealkylation sites (N-methyl/N-ethyl adjacent to an activating group) is 1. The molecule has 0 heterocycles. The van der Waals surface area contributed by atoms with E-state index >= 15 is 0 Å². The van der Waals surface area contributed by atoms with Crippen molar-refractivity contribution in [1.29, 1.82) is 0 Å². The van der Waals surface area contributed by atoms with Gasteiger partial charge in [-0.25, -0.2) is 0 Å². The van der Waals surface area contributed by atoms with Crippen molar-refractivity contribution in [2.75, 3.05) is 32.6 Å². The van der Waals surface area contributed by atoms with Crippen LogP contribution in [0.4, 0.5) is 5.69 Å². The zero-order valence-electron chi connectivity index (χ0n) is 14.5. The standard InChI is InChI=1S/C19H25N3O2/c1-14-4-6-15(7-5-14)18(20)19(23)21-16-8-10-17(11-9-16)24-13-12-22(2)3/h4-11,18H,12-13,20H2,1-3H3,(H,21,23). The van der Waals surface area contributed by atoms with Crippen LogP contribution in [0.1, 0.15) is 17.2 Å². The number of nitrogens with two attached hydrogens (primary N) is 1. The second-order valence-corrected chi connectivity index (χ2v) is 6.05. The van der Waals surface area contributed by atoms with E-state index in [2.05, 4.69) is 10.2 Å². The molecule has 0 saturated carbocycles. The third kappa shape index (κ3) is 5.37. The summed E-state index contributed by atoms with van der Waals surface area (Å²) >= 11 is 0. The summed E-state index contributed by atoms with van der Waals surface area (Å²) in [6.07, 6.45) is 0. The molecule has 3 N–H and O–H groups in total. The molecule has 0 saturated heterocycles. The first-order valence-corrected chi connectivity index (χ1v) is 7.96. The van der Waals surface area contributed by atoms with Gasteiger partial charge in [0.25, 0.3) is 0 Å². The summed E-state index contributed by atoms with van der Waals surface area (Å²) in [7, 11) is 4.00. The molecule has 0 spiro atoms. The van der Waals surface area contributed by atoms with Gasteiger partial charge in [-0.1, -0.05) is 29.8 Å². The van der Waals surface area contributed by atoms with E-state index in [0.717, 1.165) is 23.4 Å². The third-order valence-corrected chi connectivity index (χ3v) is 3.65. The summed E-state index contributed by atoms with van der Waals surface area (Å²) in [6.45, 7) is 3.47. The van der Waals surface area contributed by atoms with E-state index in [-0.39, 0.29) is 5.91 Å². The Kier molecular flexibility index (Phi) is 6.35. The Morgan fingerprint density at radius 3 is 2.33 bits per heavy atom. The molecule has 0 aliphatic rings. The second kappa shape index (κ2) is 8.47. The fraction of sp³-hybridized carbons (Fsp3) is 0.316. The van der Waals surface area contributed by atoms with Crippen molar-refractivity contribution < 1.29 is 9.53 Å². The number of carbonyl (C=O) groups excluding carboxylic acids is 1. The number of nitrogens with one attached hydrogen (secondary N) is 1. The monoisotopic (exact) mass is 327 g/mol. The van der Waals surface area contributed by atoms with Crippen molar-refractivity contribution in [3.8, 4) is 5.75 Å². The Hall–Kier alpha value is -2.37. The zero-order valence-corrected chi connectivity index (χ0v) is 14.5. The van der Waals surface area contributed by atoms with E-state index in [4.69, 9.17) is 10.5 Å². The van der Waals surface area contributed by atoms with Gasteiger partial charge in [-0.05, 0) is 50.8 Å². The van der Waals surface area contributed by atoms with Crippen LogP contribution in [0.3, 0.4) is 0 Å². The minimum Gasteiger partial charge on any atom is -0.492 e. The fourth-order valence-electron chi connectivity index (χ4n) is 2.13. The van der Waals surface area contributed by atoms with Crippen LogP contribution in [-0.2, 0) is 4.79 Å². The van der Waals surface area contributed by atoms with Gasteiger partial charge in [0.15, 0.2) is 0 Å². The van der Waals surface area contributed by atoms with E-state index in [9.17, 15) is 4.79 Å². The number of rotatable bonds is 7. The summed E-state index contributed by atoms with van der Waals surface area (Å²) in [5.41, 5.74) is 8.64. The molecule has 0 bridgehead atoms. The molecule has 0 fully saturated rings. The van der Waals surface area contributed by atoms with E-state index in [1.807, 2.05) is 69.6 Å². The molecule has 2 aromatic rings. The first-order valence-electron chi connectivity index (χ1n) is 7.96. The zero-order chi connectivity index (χ0) is 17.5. The van der Waals surface area contributed by atoms with Crippen molar-refractivity contribution in [2.45, 2.75) is 13.0 Å². The summed E-state index contributed by atoms with van der Waals surface area (Å²) in [5, 5.41) is 2.83. The molecule has 2 rings (SSSR count). The predicted molar refractivity (Wildman–Crippen MR) is 97.2 cm³/mol. The summed E-state index contributed by atoms with van der Waals surface area (Å²) in [4.78, 5) is 14.3. The lowest BCUT2D eigenvalue weighted by Gasteiger charge is -2.14. The van der Waals surface area contributed by atoms with Gasteiger partial charge in [-0.3, -0.25) is 4.79 Å². The molecule has 0 aromatic heterocycles. The van der Waals surface area contributed by atoms with E-state index in [1.54, 1.807) is 0 Å². The van der Waals surface area contributed by atoms with Gasteiger partial charge in [-0.15, -0.1) is 0 Å². The Bertz CT molecular complexity index is 651. The van der Waals surface area contributed by atoms with E-state index in [0.29, 0.717) is 12.3 Å². The molecule has 1 unspecified atom stereocenters. The largest absolute Gasteiger partial charge is 0.492 e. The van der Waals surface area contributed by atoms with Crippen molar-refractivity contribution in [3.05, 3.63) is 59.7 Å². The number of anilines is 1. The van der Waals surface area contributed by atoms with Crippen LogP contribution < -0.4 is 15.8 Å². The first-order chi connectivity index (χ1) is 11.5. The van der Waals surface area contributed by atoms with Crippen LogP contribution in [0.5, 0.6) is 5.75 Å². The average Bonchev–Trinajstić information content (AvgIpc) is 2.56. The normalized spacial score (nSPS) is 12.0. The molecular formula is C19H25N3O2. The first kappa shape index (κ1) is 18.0. The number of nitrogens with zero attached hydrogens (tertiary/aromatic N) is 1. The Morgan fingerprint density at radius 2 is 1.75 bits per heavy atom. The lowest BCUT2D eigenvalue weighted by Crippen LogP contribution is -2.27. The summed E-state index contributed by atoms with van der Waals surface area (Å²) in [6, 6.07) is 14.2. The van der Waals surface area contributed by atoms with Crippen LogP contribution in [0.25, 0.3) is 0 Å². The molecule has 5 nitrogen and oxygen atoms in total. The van der Waals surface area contributed by atoms with Crippen LogP contribution in [0, 0.1) is 6.92 Å². The summed E-state index contributed by atoms with van der Waals surface area (Å²) < 4.78 is 5.63. The number of carbonyl (C=O) groups is 1. The molecule has 128 valence electrons. The Labute approximate surface area is 143 Å². The second-order valence-electron chi connectivity index (χ2n) is 6.05. The number of hydrogen-bond acceptors (Lipinski definition) is 4. The van der Waals surface area contributed by atoms with Gasteiger partial charge in [0.1, 0.15) is 18.4 Å². The highest BCUT2D eigenvalue weighted by molar-refractivity contribution is 5.95. The maximum absolute atomic E-state index is 12.3. The number of hydrogen-bond donors (Lipinski definition) is 2. The van der Waals surface area contributed by atoms with Crippen molar-refractivity contribution >= 4 is 11.6 Å². The SMILES string of the molecule is Cc1ccc(C(N)C(=O)Nc2ccc(OCCN(C)C)cc2)cc1. The minimum atomic E-state index is -0.693. The van der Waals surface area contributed by atoms with Gasteiger partial charge < -0.3 is 20.7 Å². The van der Waals surface area contributed by atoms with Crippen molar-refractivity contribution in [2.24, 2.45) is 5.73 Å².